The van der Waals surface area contributed by atoms with Crippen LogP contribution in [0.15, 0.2) is 0 Å². The Balaban J connectivity index is 2.43. The largest absolute Gasteiger partial charge is 0.469 e. The van der Waals surface area contributed by atoms with Crippen LogP contribution in [-0.4, -0.2) is 56.9 Å². The molecule has 2 amide bonds. The third-order valence-corrected chi connectivity index (χ3v) is 3.81. The van der Waals surface area contributed by atoms with Crippen LogP contribution in [0.1, 0.15) is 44.9 Å². The van der Waals surface area contributed by atoms with Crippen LogP contribution < -0.4 is 5.32 Å². The van der Waals surface area contributed by atoms with Gasteiger partial charge in [0.15, 0.2) is 0 Å². The fraction of sp³-hybridized carbons (Fsp3) is 0.867. The molecule has 1 aliphatic rings. The van der Waals surface area contributed by atoms with Gasteiger partial charge >= 0.3 is 12.0 Å². The van der Waals surface area contributed by atoms with E-state index in [2.05, 4.69) is 10.1 Å². The van der Waals surface area contributed by atoms with Crippen molar-refractivity contribution in [1.29, 1.82) is 0 Å². The van der Waals surface area contributed by atoms with Gasteiger partial charge in [-0.3, -0.25) is 4.79 Å². The summed E-state index contributed by atoms with van der Waals surface area (Å²) in [6, 6.07) is 0.191. The van der Waals surface area contributed by atoms with E-state index in [1.54, 1.807) is 12.0 Å². The molecule has 1 N–H and O–H groups in total. The summed E-state index contributed by atoms with van der Waals surface area (Å²) in [7, 11) is 3.00. The molecular formula is C15H28N2O4. The van der Waals surface area contributed by atoms with E-state index in [-0.39, 0.29) is 24.5 Å². The number of hydrogen-bond donors (Lipinski definition) is 1. The molecule has 0 atom stereocenters. The van der Waals surface area contributed by atoms with Gasteiger partial charge in [-0.1, -0.05) is 19.3 Å². The molecule has 0 aromatic rings. The first-order valence-electron chi connectivity index (χ1n) is 7.78. The van der Waals surface area contributed by atoms with Gasteiger partial charge < -0.3 is 19.7 Å². The van der Waals surface area contributed by atoms with Crippen molar-refractivity contribution in [1.82, 2.24) is 10.2 Å². The summed E-state index contributed by atoms with van der Waals surface area (Å²) in [6.45, 7) is 1.57. The van der Waals surface area contributed by atoms with Gasteiger partial charge in [-0.15, -0.1) is 0 Å². The van der Waals surface area contributed by atoms with Crippen molar-refractivity contribution in [2.75, 3.05) is 33.9 Å². The highest BCUT2D eigenvalue weighted by atomic mass is 16.5. The summed E-state index contributed by atoms with van der Waals surface area (Å²) in [4.78, 5) is 25.3. The van der Waals surface area contributed by atoms with Crippen LogP contribution in [0.4, 0.5) is 4.79 Å². The number of hydrogen-bond acceptors (Lipinski definition) is 4. The number of nitrogens with zero attached hydrogens (tertiary/aromatic N) is 1. The first kappa shape index (κ1) is 17.8. The third-order valence-electron chi connectivity index (χ3n) is 3.81. The number of esters is 1. The van der Waals surface area contributed by atoms with Gasteiger partial charge in [0.2, 0.25) is 0 Å². The first-order chi connectivity index (χ1) is 10.2. The number of amides is 2. The van der Waals surface area contributed by atoms with Crippen molar-refractivity contribution in [2.45, 2.75) is 51.0 Å². The zero-order chi connectivity index (χ0) is 15.5. The number of ether oxygens (including phenoxy) is 2. The molecule has 6 heteroatoms. The minimum atomic E-state index is -0.294. The summed E-state index contributed by atoms with van der Waals surface area (Å²) in [5, 5.41) is 3.08. The summed E-state index contributed by atoms with van der Waals surface area (Å²) in [5.41, 5.74) is 0. The molecule has 0 heterocycles. The predicted octanol–water partition coefficient (Wildman–Crippen LogP) is 1.93. The van der Waals surface area contributed by atoms with Crippen molar-refractivity contribution in [3.8, 4) is 0 Å². The Morgan fingerprint density at radius 2 is 1.86 bits per heavy atom. The standard InChI is InChI=1S/C15H28N2O4/c1-20-12-6-10-17(11-9-14(18)21-2)15(19)16-13-7-4-3-5-8-13/h13H,3-12H2,1-2H3,(H,16,19). The number of methoxy groups -OCH3 is 2. The van der Waals surface area contributed by atoms with E-state index in [9.17, 15) is 9.59 Å². The molecule has 0 radical (unpaired) electrons. The summed E-state index contributed by atoms with van der Waals surface area (Å²) in [6.07, 6.45) is 6.69. The molecule has 1 rings (SSSR count). The number of carbonyl (C=O) groups is 2. The van der Waals surface area contributed by atoms with Gasteiger partial charge in [0.1, 0.15) is 0 Å². The highest BCUT2D eigenvalue weighted by Crippen LogP contribution is 2.17. The van der Waals surface area contributed by atoms with E-state index in [1.165, 1.54) is 26.4 Å². The molecular weight excluding hydrogens is 272 g/mol. The van der Waals surface area contributed by atoms with E-state index in [0.29, 0.717) is 19.7 Å². The molecule has 0 aromatic carbocycles. The van der Waals surface area contributed by atoms with Gasteiger partial charge in [-0.2, -0.15) is 0 Å². The van der Waals surface area contributed by atoms with Crippen molar-refractivity contribution >= 4 is 12.0 Å². The second kappa shape index (κ2) is 10.4. The molecule has 0 bridgehead atoms. The molecule has 122 valence electrons. The van der Waals surface area contributed by atoms with E-state index in [0.717, 1.165) is 19.3 Å². The first-order valence-corrected chi connectivity index (χ1v) is 7.78. The smallest absolute Gasteiger partial charge is 0.317 e. The number of urea groups is 1. The summed E-state index contributed by atoms with van der Waals surface area (Å²) >= 11 is 0. The Morgan fingerprint density at radius 1 is 1.14 bits per heavy atom. The van der Waals surface area contributed by atoms with Crippen molar-refractivity contribution in [2.24, 2.45) is 0 Å². The molecule has 0 saturated heterocycles. The maximum atomic E-state index is 12.3. The lowest BCUT2D eigenvalue weighted by Crippen LogP contribution is -2.46. The average Bonchev–Trinajstić information content (AvgIpc) is 2.51. The number of nitrogens with one attached hydrogen (secondary N) is 1. The second-order valence-corrected chi connectivity index (χ2v) is 5.44. The van der Waals surface area contributed by atoms with Crippen LogP contribution >= 0.6 is 0 Å². The van der Waals surface area contributed by atoms with Crippen LogP contribution in [0.25, 0.3) is 0 Å². The normalized spacial score (nSPS) is 15.5. The van der Waals surface area contributed by atoms with E-state index in [1.807, 2.05) is 0 Å². The lowest BCUT2D eigenvalue weighted by molar-refractivity contribution is -0.140. The summed E-state index contributed by atoms with van der Waals surface area (Å²) in [5.74, 6) is -0.294. The maximum Gasteiger partial charge on any atom is 0.317 e. The number of carbonyl (C=O) groups excluding carboxylic acids is 2. The molecule has 0 aromatic heterocycles. The molecule has 0 unspecified atom stereocenters. The highest BCUT2D eigenvalue weighted by Gasteiger charge is 2.20. The Hall–Kier alpha value is -1.30. The van der Waals surface area contributed by atoms with E-state index < -0.39 is 0 Å². The maximum absolute atomic E-state index is 12.3. The monoisotopic (exact) mass is 300 g/mol. The minimum absolute atomic E-state index is 0.0816. The van der Waals surface area contributed by atoms with Gasteiger partial charge in [-0.25, -0.2) is 4.79 Å². The fourth-order valence-electron chi connectivity index (χ4n) is 2.56. The molecule has 1 fully saturated rings. The molecule has 1 saturated carbocycles. The third kappa shape index (κ3) is 7.32. The van der Waals surface area contributed by atoms with Crippen LogP contribution in [0, 0.1) is 0 Å². The van der Waals surface area contributed by atoms with Crippen LogP contribution in [0.3, 0.4) is 0 Å². The van der Waals surface area contributed by atoms with Crippen molar-refractivity contribution in [3.63, 3.8) is 0 Å². The topological polar surface area (TPSA) is 67.9 Å². The second-order valence-electron chi connectivity index (χ2n) is 5.44. The van der Waals surface area contributed by atoms with Crippen molar-refractivity contribution < 1.29 is 19.1 Å². The van der Waals surface area contributed by atoms with Gasteiger partial charge in [-0.05, 0) is 19.3 Å². The minimum Gasteiger partial charge on any atom is -0.469 e. The quantitative estimate of drug-likeness (QED) is 0.549. The predicted molar refractivity (Wildman–Crippen MR) is 80.1 cm³/mol. The Kier molecular flexibility index (Phi) is 8.82. The summed E-state index contributed by atoms with van der Waals surface area (Å²) < 4.78 is 9.65. The SMILES string of the molecule is COCCCN(CCC(=O)OC)C(=O)NC1CCCCC1. The zero-order valence-corrected chi connectivity index (χ0v) is 13.2. The molecule has 21 heavy (non-hydrogen) atoms. The lowest BCUT2D eigenvalue weighted by atomic mass is 9.96. The van der Waals surface area contributed by atoms with Crippen molar-refractivity contribution in [3.05, 3.63) is 0 Å². The molecule has 0 spiro atoms. The van der Waals surface area contributed by atoms with E-state index >= 15 is 0 Å². The zero-order valence-electron chi connectivity index (χ0n) is 13.2. The Labute approximate surface area is 127 Å². The van der Waals surface area contributed by atoms with E-state index in [4.69, 9.17) is 4.74 Å². The number of rotatable bonds is 8. The highest BCUT2D eigenvalue weighted by molar-refractivity contribution is 5.76. The molecule has 1 aliphatic carbocycles. The Morgan fingerprint density at radius 3 is 2.48 bits per heavy atom. The van der Waals surface area contributed by atoms with Gasteiger partial charge in [0.25, 0.3) is 0 Å². The molecule has 6 nitrogen and oxygen atoms in total. The molecule has 0 aliphatic heterocycles. The van der Waals surface area contributed by atoms with Crippen LogP contribution in [-0.2, 0) is 14.3 Å². The average molecular weight is 300 g/mol. The fourth-order valence-corrected chi connectivity index (χ4v) is 2.56. The Bertz CT molecular complexity index is 317. The van der Waals surface area contributed by atoms with Crippen LogP contribution in [0.5, 0.6) is 0 Å². The lowest BCUT2D eigenvalue weighted by Gasteiger charge is -2.28. The van der Waals surface area contributed by atoms with Gasteiger partial charge in [0, 0.05) is 32.8 Å². The van der Waals surface area contributed by atoms with Gasteiger partial charge in [0.05, 0.1) is 13.5 Å². The van der Waals surface area contributed by atoms with Crippen LogP contribution in [0.2, 0.25) is 0 Å².